The van der Waals surface area contributed by atoms with E-state index in [1.54, 1.807) is 0 Å². The van der Waals surface area contributed by atoms with Crippen LogP contribution >= 0.6 is 23.2 Å². The molecule has 0 N–H and O–H groups in total. The van der Waals surface area contributed by atoms with Gasteiger partial charge in [-0.1, -0.05) is 0 Å². The summed E-state index contributed by atoms with van der Waals surface area (Å²) in [6, 6.07) is 0. The molecule has 0 aromatic rings. The van der Waals surface area contributed by atoms with Crippen LogP contribution in [0.5, 0.6) is 0 Å². The number of halogens is 6. The molecule has 0 unspecified atom stereocenters. The Morgan fingerprint density at radius 1 is 0.700 bits per heavy atom. The van der Waals surface area contributed by atoms with Crippen molar-refractivity contribution in [2.45, 2.75) is 0 Å². The normalized spacial score (nSPS) is 16.2. The van der Waals surface area contributed by atoms with Gasteiger partial charge in [0.15, 0.2) is 0 Å². The molecule has 0 rings (SSSR count). The second-order valence-corrected chi connectivity index (χ2v) is 1.81. The van der Waals surface area contributed by atoms with Crippen LogP contribution in [0, 0.1) is 0 Å². The van der Waals surface area contributed by atoms with E-state index >= 15 is 0 Å². The van der Waals surface area contributed by atoms with Gasteiger partial charge in [-0.25, -0.2) is 0 Å². The molecule has 0 amide bonds. The van der Waals surface area contributed by atoms with Crippen LogP contribution in [0.15, 0.2) is 22.2 Å². The van der Waals surface area contributed by atoms with Crippen molar-refractivity contribution >= 4 is 23.2 Å². The van der Waals surface area contributed by atoms with Crippen LogP contribution in [0.2, 0.25) is 0 Å². The smallest absolute Gasteiger partial charge is 0.199 e. The zero-order valence-corrected chi connectivity index (χ0v) is 5.78. The molecule has 58 valence electrons. The summed E-state index contributed by atoms with van der Waals surface area (Å²) in [4.78, 5) is 0. The van der Waals surface area contributed by atoms with Gasteiger partial charge in [0.1, 0.15) is 0 Å². The van der Waals surface area contributed by atoms with E-state index < -0.39 is 22.2 Å². The lowest BCUT2D eigenvalue weighted by molar-refractivity contribution is 0.489. The summed E-state index contributed by atoms with van der Waals surface area (Å²) in [6.07, 6.45) is 0. The van der Waals surface area contributed by atoms with Crippen LogP contribution in [0.1, 0.15) is 0 Å². The van der Waals surface area contributed by atoms with E-state index in [9.17, 15) is 17.6 Å². The highest BCUT2D eigenvalue weighted by molar-refractivity contribution is 6.30. The van der Waals surface area contributed by atoms with E-state index in [1.165, 1.54) is 0 Å². The minimum atomic E-state index is -2.14. The summed E-state index contributed by atoms with van der Waals surface area (Å²) in [5.74, 6) is -4.29. The fourth-order valence-corrected chi connectivity index (χ4v) is 0.332. The molecule has 0 aromatic carbocycles. The van der Waals surface area contributed by atoms with Gasteiger partial charge < -0.3 is 0 Å². The van der Waals surface area contributed by atoms with Gasteiger partial charge >= 0.3 is 0 Å². The van der Waals surface area contributed by atoms with Gasteiger partial charge in [0.25, 0.3) is 0 Å². The SMILES string of the molecule is F/C(Cl)=C(F)\C(F)=C(\F)Cl. The second kappa shape index (κ2) is 3.83. The number of allylic oxidation sites excluding steroid dienone is 2. The second-order valence-electron chi connectivity index (χ2n) is 1.15. The van der Waals surface area contributed by atoms with Crippen molar-refractivity contribution in [2.24, 2.45) is 0 Å². The third-order valence-corrected chi connectivity index (χ3v) is 0.856. The Bertz CT molecular complexity index is 165. The van der Waals surface area contributed by atoms with Crippen molar-refractivity contribution in [1.82, 2.24) is 0 Å². The van der Waals surface area contributed by atoms with Gasteiger partial charge in [-0.2, -0.15) is 17.6 Å². The highest BCUT2D eigenvalue weighted by Crippen LogP contribution is 2.26. The van der Waals surface area contributed by atoms with Gasteiger partial charge in [0, 0.05) is 0 Å². The molecular weight excluding hydrogens is 195 g/mol. The summed E-state index contributed by atoms with van der Waals surface area (Å²) in [7, 11) is 0. The van der Waals surface area contributed by atoms with E-state index in [0.717, 1.165) is 0 Å². The lowest BCUT2D eigenvalue weighted by Gasteiger charge is -1.89. The van der Waals surface area contributed by atoms with Crippen molar-refractivity contribution in [3.63, 3.8) is 0 Å². The fourth-order valence-electron chi connectivity index (χ4n) is 0.166. The summed E-state index contributed by atoms with van der Waals surface area (Å²) in [6.45, 7) is 0. The molecule has 0 aliphatic rings. The van der Waals surface area contributed by atoms with E-state index in [-0.39, 0.29) is 0 Å². The van der Waals surface area contributed by atoms with Crippen molar-refractivity contribution in [1.29, 1.82) is 0 Å². The minimum absolute atomic E-state index is 1.98. The van der Waals surface area contributed by atoms with E-state index in [2.05, 4.69) is 23.2 Å². The Kier molecular flexibility index (Phi) is 3.75. The first-order chi connectivity index (χ1) is 4.46. The quantitative estimate of drug-likeness (QED) is 0.442. The summed E-state index contributed by atoms with van der Waals surface area (Å²) in [5.41, 5.74) is 0. The third-order valence-electron chi connectivity index (χ3n) is 0.525. The molecule has 0 heterocycles. The minimum Gasteiger partial charge on any atom is -0.199 e. The fraction of sp³-hybridized carbons (Fsp3) is 0. The third kappa shape index (κ3) is 2.58. The Morgan fingerprint density at radius 3 is 1.00 bits per heavy atom. The zero-order chi connectivity index (χ0) is 8.31. The van der Waals surface area contributed by atoms with Crippen molar-refractivity contribution in [3.05, 3.63) is 22.2 Å². The molecule has 10 heavy (non-hydrogen) atoms. The molecule has 0 atom stereocenters. The lowest BCUT2D eigenvalue weighted by Crippen LogP contribution is -1.77. The first-order valence-corrected chi connectivity index (χ1v) is 2.64. The average Bonchev–Trinajstić information content (AvgIpc) is 1.84. The van der Waals surface area contributed by atoms with E-state index in [4.69, 9.17) is 0 Å². The van der Waals surface area contributed by atoms with Crippen LogP contribution in [-0.4, -0.2) is 0 Å². The van der Waals surface area contributed by atoms with Crippen molar-refractivity contribution in [3.8, 4) is 0 Å². The Balaban J connectivity index is 4.71. The number of hydrogen-bond donors (Lipinski definition) is 0. The molecule has 0 aliphatic carbocycles. The van der Waals surface area contributed by atoms with Crippen LogP contribution < -0.4 is 0 Å². The predicted molar refractivity (Wildman–Crippen MR) is 30.2 cm³/mol. The average molecular weight is 195 g/mol. The van der Waals surface area contributed by atoms with Gasteiger partial charge in [0.05, 0.1) is 0 Å². The molecule has 0 aromatic heterocycles. The Labute approximate surface area is 63.7 Å². The van der Waals surface area contributed by atoms with Crippen LogP contribution in [0.3, 0.4) is 0 Å². The molecule has 0 fully saturated rings. The molecule has 0 radical (unpaired) electrons. The molecule has 0 saturated carbocycles. The van der Waals surface area contributed by atoms with Gasteiger partial charge in [-0.15, -0.1) is 0 Å². The van der Waals surface area contributed by atoms with Gasteiger partial charge in [-0.3, -0.25) is 0 Å². The maximum absolute atomic E-state index is 11.8. The van der Waals surface area contributed by atoms with Gasteiger partial charge in [-0.05, 0) is 23.2 Å². The van der Waals surface area contributed by atoms with E-state index in [1.807, 2.05) is 0 Å². The van der Waals surface area contributed by atoms with Crippen LogP contribution in [0.25, 0.3) is 0 Å². The van der Waals surface area contributed by atoms with Crippen LogP contribution in [-0.2, 0) is 0 Å². The monoisotopic (exact) mass is 194 g/mol. The predicted octanol–water partition coefficient (Wildman–Crippen LogP) is 3.68. The summed E-state index contributed by atoms with van der Waals surface area (Å²) < 4.78 is 46.5. The molecule has 0 nitrogen and oxygen atoms in total. The highest BCUT2D eigenvalue weighted by Gasteiger charge is 2.14. The highest BCUT2D eigenvalue weighted by atomic mass is 35.5. The van der Waals surface area contributed by atoms with Crippen molar-refractivity contribution in [2.75, 3.05) is 0 Å². The summed E-state index contributed by atoms with van der Waals surface area (Å²) >= 11 is 8.61. The zero-order valence-electron chi connectivity index (χ0n) is 4.27. The largest absolute Gasteiger partial charge is 0.228 e. The lowest BCUT2D eigenvalue weighted by atomic mass is 10.5. The molecule has 0 spiro atoms. The maximum Gasteiger partial charge on any atom is 0.228 e. The van der Waals surface area contributed by atoms with E-state index in [0.29, 0.717) is 0 Å². The molecule has 6 heteroatoms. The topological polar surface area (TPSA) is 0 Å². The Morgan fingerprint density at radius 2 is 0.900 bits per heavy atom. The molecule has 0 saturated heterocycles. The van der Waals surface area contributed by atoms with Crippen LogP contribution in [0.4, 0.5) is 17.6 Å². The van der Waals surface area contributed by atoms with Crippen molar-refractivity contribution < 1.29 is 17.6 Å². The Hall–Kier alpha value is -0.220. The maximum atomic E-state index is 11.8. The number of hydrogen-bond acceptors (Lipinski definition) is 0. The van der Waals surface area contributed by atoms with Gasteiger partial charge in [0.2, 0.25) is 22.2 Å². The first kappa shape index (κ1) is 9.78. The summed E-state index contributed by atoms with van der Waals surface area (Å²) in [5, 5.41) is -3.96. The molecule has 0 bridgehead atoms. The molecule has 0 aliphatic heterocycles. The standard InChI is InChI=1S/C4Cl2F4/c5-3(9)1(7)2(8)4(6)10/b3-1-,4-2+. The molecular formula is C4Cl2F4. The number of rotatable bonds is 1. The first-order valence-electron chi connectivity index (χ1n) is 1.88.